The van der Waals surface area contributed by atoms with Gasteiger partial charge in [0.25, 0.3) is 5.91 Å². The van der Waals surface area contributed by atoms with Crippen LogP contribution in [0.2, 0.25) is 5.02 Å². The van der Waals surface area contributed by atoms with E-state index in [1.165, 1.54) is 10.9 Å². The van der Waals surface area contributed by atoms with Gasteiger partial charge in [0.15, 0.2) is 0 Å². The van der Waals surface area contributed by atoms with Gasteiger partial charge in [0, 0.05) is 12.7 Å². The maximum Gasteiger partial charge on any atom is 0.275 e. The lowest BCUT2D eigenvalue weighted by Crippen LogP contribution is -2.16. The summed E-state index contributed by atoms with van der Waals surface area (Å²) in [7, 11) is 1.68. The lowest BCUT2D eigenvalue weighted by molar-refractivity contribution is 0.101. The van der Waals surface area contributed by atoms with E-state index in [2.05, 4.69) is 10.4 Å². The van der Waals surface area contributed by atoms with Gasteiger partial charge in [-0.05, 0) is 19.1 Å². The van der Waals surface area contributed by atoms with Crippen molar-refractivity contribution in [3.8, 4) is 0 Å². The molecular weight excluding hydrogens is 238 g/mol. The van der Waals surface area contributed by atoms with Crippen molar-refractivity contribution in [2.24, 2.45) is 7.05 Å². The second-order valence-electron chi connectivity index (χ2n) is 3.78. The average molecular weight is 250 g/mol. The molecule has 0 saturated heterocycles. The fourth-order valence-electron chi connectivity index (χ4n) is 1.49. The number of nitrogens with one attached hydrogen (secondary N) is 1. The molecular formula is C12H12ClN3O. The number of amides is 1. The molecule has 17 heavy (non-hydrogen) atoms. The highest BCUT2D eigenvalue weighted by atomic mass is 35.5. The largest absolute Gasteiger partial charge is 0.321 e. The molecule has 0 radical (unpaired) electrons. The molecule has 0 atom stereocenters. The van der Waals surface area contributed by atoms with Crippen LogP contribution in [0.3, 0.4) is 0 Å². The van der Waals surface area contributed by atoms with Crippen LogP contribution in [-0.4, -0.2) is 15.7 Å². The van der Waals surface area contributed by atoms with Crippen molar-refractivity contribution in [2.75, 3.05) is 5.32 Å². The van der Waals surface area contributed by atoms with E-state index in [1.54, 1.807) is 7.05 Å². The summed E-state index contributed by atoms with van der Waals surface area (Å²) in [5.74, 6) is -0.265. The number of carbonyl (C=O) groups excluding carboxylic acids is 1. The van der Waals surface area contributed by atoms with Crippen molar-refractivity contribution in [1.29, 1.82) is 0 Å². The first-order chi connectivity index (χ1) is 8.08. The second kappa shape index (κ2) is 4.59. The van der Waals surface area contributed by atoms with Crippen molar-refractivity contribution in [1.82, 2.24) is 9.78 Å². The monoisotopic (exact) mass is 249 g/mol. The Balaban J connectivity index is 2.20. The van der Waals surface area contributed by atoms with Gasteiger partial charge >= 0.3 is 0 Å². The lowest BCUT2D eigenvalue weighted by atomic mass is 10.2. The van der Waals surface area contributed by atoms with E-state index in [9.17, 15) is 4.79 Å². The molecule has 0 fully saturated rings. The molecule has 0 aliphatic heterocycles. The third-order valence-corrected chi connectivity index (χ3v) is 2.70. The van der Waals surface area contributed by atoms with Crippen LogP contribution in [0.25, 0.3) is 0 Å². The van der Waals surface area contributed by atoms with Gasteiger partial charge in [-0.15, -0.1) is 0 Å². The Bertz CT molecular complexity index is 526. The number of carbonyl (C=O) groups is 1. The number of halogens is 1. The summed E-state index contributed by atoms with van der Waals surface area (Å²) in [6.45, 7) is 1.99. The van der Waals surface area contributed by atoms with Crippen LogP contribution in [0.4, 0.5) is 5.69 Å². The summed E-state index contributed by atoms with van der Waals surface area (Å²) in [5, 5.41) is 7.03. The average Bonchev–Trinajstić information content (AvgIpc) is 2.62. The number of nitrogens with zero attached hydrogens (tertiary/aromatic N) is 2. The second-order valence-corrected chi connectivity index (χ2v) is 4.19. The highest BCUT2D eigenvalue weighted by Crippen LogP contribution is 2.16. The lowest BCUT2D eigenvalue weighted by Gasteiger charge is -2.06. The Kier molecular flexibility index (Phi) is 3.15. The Labute approximate surface area is 104 Å². The molecule has 0 aliphatic rings. The highest BCUT2D eigenvalue weighted by Gasteiger charge is 2.15. The molecule has 2 rings (SSSR count). The van der Waals surface area contributed by atoms with Crippen LogP contribution in [0.5, 0.6) is 0 Å². The fourth-order valence-corrected chi connectivity index (χ4v) is 1.75. The molecule has 0 spiro atoms. The SMILES string of the molecule is Cc1ccc(NC(=O)c2c(Cl)cnn2C)cc1. The van der Waals surface area contributed by atoms with Gasteiger partial charge in [0.05, 0.1) is 11.2 Å². The van der Waals surface area contributed by atoms with E-state index >= 15 is 0 Å². The van der Waals surface area contributed by atoms with Crippen molar-refractivity contribution in [3.63, 3.8) is 0 Å². The van der Waals surface area contributed by atoms with Gasteiger partial charge in [0.2, 0.25) is 0 Å². The third-order valence-electron chi connectivity index (χ3n) is 2.42. The van der Waals surface area contributed by atoms with E-state index in [4.69, 9.17) is 11.6 Å². The zero-order valence-corrected chi connectivity index (χ0v) is 10.3. The molecule has 4 nitrogen and oxygen atoms in total. The quantitative estimate of drug-likeness (QED) is 0.889. The highest BCUT2D eigenvalue weighted by molar-refractivity contribution is 6.34. The number of aromatic nitrogens is 2. The van der Waals surface area contributed by atoms with Crippen LogP contribution in [0, 0.1) is 6.92 Å². The van der Waals surface area contributed by atoms with Crippen molar-refractivity contribution in [2.45, 2.75) is 6.92 Å². The fraction of sp³-hybridized carbons (Fsp3) is 0.167. The number of hydrogen-bond acceptors (Lipinski definition) is 2. The molecule has 1 aromatic carbocycles. The van der Waals surface area contributed by atoms with Gasteiger partial charge in [-0.1, -0.05) is 29.3 Å². The minimum Gasteiger partial charge on any atom is -0.321 e. The molecule has 0 saturated carbocycles. The Morgan fingerprint density at radius 2 is 2.00 bits per heavy atom. The molecule has 5 heteroatoms. The topological polar surface area (TPSA) is 46.9 Å². The molecule has 1 amide bonds. The normalized spacial score (nSPS) is 10.3. The van der Waals surface area contributed by atoms with Crippen LogP contribution >= 0.6 is 11.6 Å². The van der Waals surface area contributed by atoms with Gasteiger partial charge in [-0.2, -0.15) is 5.10 Å². The van der Waals surface area contributed by atoms with Crippen LogP contribution in [0.1, 0.15) is 16.1 Å². The first-order valence-electron chi connectivity index (χ1n) is 5.13. The molecule has 0 unspecified atom stereocenters. The number of rotatable bonds is 2. The third kappa shape index (κ3) is 2.47. The summed E-state index contributed by atoms with van der Waals surface area (Å²) < 4.78 is 1.45. The van der Waals surface area contributed by atoms with Crippen molar-refractivity contribution in [3.05, 3.63) is 46.7 Å². The summed E-state index contributed by atoms with van der Waals surface area (Å²) in [5.41, 5.74) is 2.23. The zero-order chi connectivity index (χ0) is 12.4. The Morgan fingerprint density at radius 1 is 1.35 bits per heavy atom. The summed E-state index contributed by atoms with van der Waals surface area (Å²) in [6.07, 6.45) is 1.45. The zero-order valence-electron chi connectivity index (χ0n) is 9.57. The minimum atomic E-state index is -0.265. The summed E-state index contributed by atoms with van der Waals surface area (Å²) in [4.78, 5) is 11.9. The maximum atomic E-state index is 11.9. The van der Waals surface area contributed by atoms with Crippen molar-refractivity contribution < 1.29 is 4.79 Å². The van der Waals surface area contributed by atoms with Gasteiger partial charge < -0.3 is 5.32 Å². The predicted molar refractivity (Wildman–Crippen MR) is 67.4 cm³/mol. The first kappa shape index (κ1) is 11.7. The van der Waals surface area contributed by atoms with E-state index in [-0.39, 0.29) is 5.91 Å². The van der Waals surface area contributed by atoms with Crippen molar-refractivity contribution >= 4 is 23.2 Å². The molecule has 2 aromatic rings. The van der Waals surface area contributed by atoms with E-state index < -0.39 is 0 Å². The summed E-state index contributed by atoms with van der Waals surface area (Å²) >= 11 is 5.89. The standard InChI is InChI=1S/C12H12ClN3O/c1-8-3-5-9(6-4-8)15-12(17)11-10(13)7-14-16(11)2/h3-7H,1-2H3,(H,15,17). The van der Waals surface area contributed by atoms with E-state index in [1.807, 2.05) is 31.2 Å². The van der Waals surface area contributed by atoms with E-state index in [0.717, 1.165) is 11.3 Å². The smallest absolute Gasteiger partial charge is 0.275 e. The van der Waals surface area contributed by atoms with Crippen LogP contribution < -0.4 is 5.32 Å². The predicted octanol–water partition coefficient (Wildman–Crippen LogP) is 2.63. The molecule has 0 aliphatic carbocycles. The molecule has 1 N–H and O–H groups in total. The molecule has 1 heterocycles. The maximum absolute atomic E-state index is 11.9. The Morgan fingerprint density at radius 3 is 2.53 bits per heavy atom. The van der Waals surface area contributed by atoms with E-state index in [0.29, 0.717) is 10.7 Å². The molecule has 0 bridgehead atoms. The minimum absolute atomic E-state index is 0.265. The summed E-state index contributed by atoms with van der Waals surface area (Å²) in [6, 6.07) is 7.55. The molecule has 88 valence electrons. The Hall–Kier alpha value is -1.81. The first-order valence-corrected chi connectivity index (χ1v) is 5.51. The van der Waals surface area contributed by atoms with Gasteiger partial charge in [0.1, 0.15) is 5.69 Å². The number of aryl methyl sites for hydroxylation is 2. The van der Waals surface area contributed by atoms with Gasteiger partial charge in [-0.3, -0.25) is 9.48 Å². The van der Waals surface area contributed by atoms with Crippen LogP contribution in [-0.2, 0) is 7.05 Å². The number of hydrogen-bond donors (Lipinski definition) is 1. The van der Waals surface area contributed by atoms with Crippen LogP contribution in [0.15, 0.2) is 30.5 Å². The molecule has 1 aromatic heterocycles. The number of anilines is 1. The van der Waals surface area contributed by atoms with Gasteiger partial charge in [-0.25, -0.2) is 0 Å². The number of benzene rings is 1.